The Labute approximate surface area is 117 Å². The third-order valence-corrected chi connectivity index (χ3v) is 3.05. The molecule has 0 spiro atoms. The van der Waals surface area contributed by atoms with Crippen LogP contribution in [0.5, 0.6) is 0 Å². The van der Waals surface area contributed by atoms with Crippen LogP contribution in [-0.4, -0.2) is 16.7 Å². The van der Waals surface area contributed by atoms with Gasteiger partial charge in [-0.1, -0.05) is 37.0 Å². The second kappa shape index (κ2) is 5.63. The Bertz CT molecular complexity index is 535. The summed E-state index contributed by atoms with van der Waals surface area (Å²) in [6.45, 7) is 5.18. The number of anilines is 1. The molecule has 3 nitrogen and oxygen atoms in total. The first-order chi connectivity index (χ1) is 8.56. The van der Waals surface area contributed by atoms with Gasteiger partial charge in [0.05, 0.1) is 10.7 Å². The second-order valence-corrected chi connectivity index (χ2v) is 5.41. The van der Waals surface area contributed by atoms with Gasteiger partial charge >= 0.3 is 0 Å². The molecule has 0 aliphatic heterocycles. The highest BCUT2D eigenvalue weighted by Gasteiger charge is 2.08. The molecule has 2 aromatic rings. The molecule has 2 rings (SSSR count). The maximum atomic E-state index is 6.14. The molecule has 0 aliphatic carbocycles. The molecule has 1 heterocycles. The van der Waals surface area contributed by atoms with Crippen molar-refractivity contribution >= 4 is 29.0 Å². The molecule has 5 heteroatoms. The van der Waals surface area contributed by atoms with Gasteiger partial charge in [0.2, 0.25) is 0 Å². The van der Waals surface area contributed by atoms with E-state index >= 15 is 0 Å². The van der Waals surface area contributed by atoms with Crippen molar-refractivity contribution < 1.29 is 0 Å². The zero-order valence-electron chi connectivity index (χ0n) is 10.3. The van der Waals surface area contributed by atoms with E-state index in [-0.39, 0.29) is 0 Å². The van der Waals surface area contributed by atoms with Crippen molar-refractivity contribution in [3.8, 4) is 11.3 Å². The first kappa shape index (κ1) is 13.2. The number of aromatic amines is 1. The molecule has 1 aromatic carbocycles. The highest BCUT2D eigenvalue weighted by Crippen LogP contribution is 2.30. The third kappa shape index (κ3) is 3.18. The van der Waals surface area contributed by atoms with Gasteiger partial charge in [0.25, 0.3) is 0 Å². The maximum Gasteiger partial charge on any atom is 0.148 e. The average Bonchev–Trinajstić information content (AvgIpc) is 2.78. The smallest absolute Gasteiger partial charge is 0.148 e. The van der Waals surface area contributed by atoms with Crippen molar-refractivity contribution in [2.24, 2.45) is 5.92 Å². The molecule has 2 N–H and O–H groups in total. The SMILES string of the molecule is CC(C)CNc1cc(-c2cc(Cl)ccc2Cl)[nH]n1. The highest BCUT2D eigenvalue weighted by molar-refractivity contribution is 6.35. The van der Waals surface area contributed by atoms with E-state index in [1.165, 1.54) is 0 Å². The van der Waals surface area contributed by atoms with Crippen LogP contribution in [0.3, 0.4) is 0 Å². The van der Waals surface area contributed by atoms with Crippen LogP contribution in [0.2, 0.25) is 10.0 Å². The number of benzene rings is 1. The largest absolute Gasteiger partial charge is 0.368 e. The molecule has 0 fully saturated rings. The van der Waals surface area contributed by atoms with Crippen molar-refractivity contribution in [1.29, 1.82) is 0 Å². The summed E-state index contributed by atoms with van der Waals surface area (Å²) in [4.78, 5) is 0. The number of rotatable bonds is 4. The van der Waals surface area contributed by atoms with Crippen LogP contribution in [0.25, 0.3) is 11.3 Å². The van der Waals surface area contributed by atoms with E-state index in [4.69, 9.17) is 23.2 Å². The number of H-pyrrole nitrogens is 1. The lowest BCUT2D eigenvalue weighted by atomic mass is 10.1. The van der Waals surface area contributed by atoms with Crippen LogP contribution in [0.15, 0.2) is 24.3 Å². The third-order valence-electron chi connectivity index (χ3n) is 2.49. The normalized spacial score (nSPS) is 10.9. The van der Waals surface area contributed by atoms with Crippen molar-refractivity contribution in [2.45, 2.75) is 13.8 Å². The van der Waals surface area contributed by atoms with Gasteiger partial charge in [-0.25, -0.2) is 0 Å². The molecule has 0 saturated heterocycles. The van der Waals surface area contributed by atoms with Crippen LogP contribution >= 0.6 is 23.2 Å². The predicted molar refractivity (Wildman–Crippen MR) is 77.4 cm³/mol. The maximum absolute atomic E-state index is 6.14. The number of hydrogen-bond acceptors (Lipinski definition) is 2. The van der Waals surface area contributed by atoms with Crippen LogP contribution in [0, 0.1) is 5.92 Å². The minimum Gasteiger partial charge on any atom is -0.368 e. The average molecular weight is 284 g/mol. The quantitative estimate of drug-likeness (QED) is 0.870. The van der Waals surface area contributed by atoms with Crippen LogP contribution in [-0.2, 0) is 0 Å². The minimum absolute atomic E-state index is 0.569. The number of hydrogen-bond donors (Lipinski definition) is 2. The molecule has 18 heavy (non-hydrogen) atoms. The number of nitrogens with zero attached hydrogens (tertiary/aromatic N) is 1. The Morgan fingerprint density at radius 2 is 2.06 bits per heavy atom. The summed E-state index contributed by atoms with van der Waals surface area (Å²) in [6.07, 6.45) is 0. The van der Waals surface area contributed by atoms with Crippen molar-refractivity contribution in [2.75, 3.05) is 11.9 Å². The molecular formula is C13H15Cl2N3. The van der Waals surface area contributed by atoms with Crippen molar-refractivity contribution in [3.05, 3.63) is 34.3 Å². The fourth-order valence-electron chi connectivity index (χ4n) is 1.56. The fourth-order valence-corrected chi connectivity index (χ4v) is 1.95. The summed E-state index contributed by atoms with van der Waals surface area (Å²) < 4.78 is 0. The number of nitrogens with one attached hydrogen (secondary N) is 2. The monoisotopic (exact) mass is 283 g/mol. The molecular weight excluding hydrogens is 269 g/mol. The van der Waals surface area contributed by atoms with Crippen LogP contribution < -0.4 is 5.32 Å². The number of halogens is 2. The van der Waals surface area contributed by atoms with Gasteiger partial charge in [0, 0.05) is 23.2 Å². The Hall–Kier alpha value is -1.19. The van der Waals surface area contributed by atoms with E-state index in [1.54, 1.807) is 12.1 Å². The van der Waals surface area contributed by atoms with E-state index in [0.717, 1.165) is 23.6 Å². The molecule has 0 amide bonds. The van der Waals surface area contributed by atoms with E-state index in [1.807, 2.05) is 12.1 Å². The zero-order valence-corrected chi connectivity index (χ0v) is 11.8. The first-order valence-electron chi connectivity index (χ1n) is 5.81. The second-order valence-electron chi connectivity index (χ2n) is 4.57. The lowest BCUT2D eigenvalue weighted by Crippen LogP contribution is -2.07. The van der Waals surface area contributed by atoms with Crippen molar-refractivity contribution in [1.82, 2.24) is 10.2 Å². The Morgan fingerprint density at radius 1 is 1.28 bits per heavy atom. The van der Waals surface area contributed by atoms with Gasteiger partial charge in [0.15, 0.2) is 0 Å². The van der Waals surface area contributed by atoms with Gasteiger partial charge in [-0.05, 0) is 24.1 Å². The van der Waals surface area contributed by atoms with Crippen molar-refractivity contribution in [3.63, 3.8) is 0 Å². The summed E-state index contributed by atoms with van der Waals surface area (Å²) in [5.41, 5.74) is 1.71. The van der Waals surface area contributed by atoms with Gasteiger partial charge in [-0.3, -0.25) is 5.10 Å². The van der Waals surface area contributed by atoms with Gasteiger partial charge in [0.1, 0.15) is 5.82 Å². The lowest BCUT2D eigenvalue weighted by Gasteiger charge is -2.04. The molecule has 0 bridgehead atoms. The molecule has 0 radical (unpaired) electrons. The van der Waals surface area contributed by atoms with Gasteiger partial charge in [-0.2, -0.15) is 5.10 Å². The highest BCUT2D eigenvalue weighted by atomic mass is 35.5. The summed E-state index contributed by atoms with van der Waals surface area (Å²) in [5.74, 6) is 1.38. The van der Waals surface area contributed by atoms with E-state index < -0.39 is 0 Å². The molecule has 96 valence electrons. The topological polar surface area (TPSA) is 40.7 Å². The molecule has 1 aromatic heterocycles. The first-order valence-corrected chi connectivity index (χ1v) is 6.56. The summed E-state index contributed by atoms with van der Waals surface area (Å²) in [6, 6.07) is 7.30. The molecule has 0 atom stereocenters. The van der Waals surface area contributed by atoms with Gasteiger partial charge in [-0.15, -0.1) is 0 Å². The summed E-state index contributed by atoms with van der Waals surface area (Å²) >= 11 is 12.1. The molecule has 0 aliphatic rings. The Kier molecular flexibility index (Phi) is 4.15. The van der Waals surface area contributed by atoms with Crippen LogP contribution in [0.4, 0.5) is 5.82 Å². The minimum atomic E-state index is 0.569. The fraction of sp³-hybridized carbons (Fsp3) is 0.308. The van der Waals surface area contributed by atoms with E-state index in [2.05, 4.69) is 29.4 Å². The van der Waals surface area contributed by atoms with Crippen LogP contribution in [0.1, 0.15) is 13.8 Å². The summed E-state index contributed by atoms with van der Waals surface area (Å²) in [5, 5.41) is 11.7. The lowest BCUT2D eigenvalue weighted by molar-refractivity contribution is 0.687. The number of aromatic nitrogens is 2. The Balaban J connectivity index is 2.21. The zero-order chi connectivity index (χ0) is 13.1. The molecule has 0 saturated carbocycles. The van der Waals surface area contributed by atoms with Gasteiger partial charge < -0.3 is 5.32 Å². The standard InChI is InChI=1S/C13H15Cl2N3/c1-8(2)7-16-13-6-12(17-18-13)10-5-9(14)3-4-11(10)15/h3-6,8H,7H2,1-2H3,(H2,16,17,18). The Morgan fingerprint density at radius 3 is 2.78 bits per heavy atom. The molecule has 0 unspecified atom stereocenters. The predicted octanol–water partition coefficient (Wildman–Crippen LogP) is 4.45. The summed E-state index contributed by atoms with van der Waals surface area (Å²) in [7, 11) is 0. The van der Waals surface area contributed by atoms with E-state index in [9.17, 15) is 0 Å². The van der Waals surface area contributed by atoms with E-state index in [0.29, 0.717) is 16.0 Å².